The Morgan fingerprint density at radius 3 is 2.54 bits per heavy atom. The number of anilines is 1. The lowest BCUT2D eigenvalue weighted by Crippen LogP contribution is -2.03. The summed E-state index contributed by atoms with van der Waals surface area (Å²) >= 11 is 0. The maximum atomic E-state index is 6.00. The van der Waals surface area contributed by atoms with Gasteiger partial charge < -0.3 is 10.5 Å². The maximum absolute atomic E-state index is 6.00. The smallest absolute Gasteiger partial charge is 0.159 e. The molecule has 0 amide bonds. The van der Waals surface area contributed by atoms with E-state index >= 15 is 0 Å². The van der Waals surface area contributed by atoms with Crippen molar-refractivity contribution in [3.05, 3.63) is 71.4 Å². The second-order valence-electron chi connectivity index (χ2n) is 6.95. The molecule has 0 aliphatic heterocycles. The Kier molecular flexibility index (Phi) is 4.74. The topological polar surface area (TPSA) is 66.0 Å². The lowest BCUT2D eigenvalue weighted by molar-refractivity contribution is 0.414. The highest BCUT2D eigenvalue weighted by atomic mass is 16.5. The number of nitrogens with zero attached hydrogens (tertiary/aromatic N) is 3. The zero-order valence-electron chi connectivity index (χ0n) is 16.4. The number of hydrogen-bond acceptors (Lipinski definition) is 4. The summed E-state index contributed by atoms with van der Waals surface area (Å²) in [6.07, 6.45) is 0.866. The van der Waals surface area contributed by atoms with Gasteiger partial charge in [0.1, 0.15) is 5.75 Å². The van der Waals surface area contributed by atoms with E-state index in [2.05, 4.69) is 38.1 Å². The molecule has 0 radical (unpaired) electrons. The Morgan fingerprint density at radius 2 is 1.82 bits per heavy atom. The number of benzene rings is 2. The molecule has 0 atom stereocenters. The second-order valence-corrected chi connectivity index (χ2v) is 6.95. The van der Waals surface area contributed by atoms with Gasteiger partial charge in [0.2, 0.25) is 0 Å². The number of nitrogen functional groups attached to an aromatic ring is 1. The molecule has 0 fully saturated rings. The summed E-state index contributed by atoms with van der Waals surface area (Å²) in [5.74, 6) is 0.848. The fraction of sp³-hybridized carbons (Fsp3) is 0.217. The molecule has 4 aromatic rings. The van der Waals surface area contributed by atoms with E-state index in [9.17, 15) is 0 Å². The van der Waals surface area contributed by atoms with Gasteiger partial charge in [0.05, 0.1) is 25.0 Å². The quantitative estimate of drug-likeness (QED) is 0.520. The summed E-state index contributed by atoms with van der Waals surface area (Å²) in [6, 6.07) is 18.2. The molecule has 0 spiro atoms. The van der Waals surface area contributed by atoms with E-state index in [4.69, 9.17) is 20.6 Å². The first-order valence-electron chi connectivity index (χ1n) is 9.45. The van der Waals surface area contributed by atoms with Gasteiger partial charge in [-0.1, -0.05) is 25.1 Å². The molecular weight excluding hydrogens is 348 g/mol. The van der Waals surface area contributed by atoms with E-state index in [1.54, 1.807) is 7.11 Å². The van der Waals surface area contributed by atoms with Crippen molar-refractivity contribution < 1.29 is 4.74 Å². The molecule has 4 rings (SSSR count). The van der Waals surface area contributed by atoms with Crippen LogP contribution in [0.15, 0.2) is 54.6 Å². The first kappa shape index (κ1) is 18.0. The Hall–Kier alpha value is -3.34. The monoisotopic (exact) mass is 372 g/mol. The van der Waals surface area contributed by atoms with Crippen LogP contribution in [0.3, 0.4) is 0 Å². The van der Waals surface area contributed by atoms with Crippen LogP contribution in [0.2, 0.25) is 0 Å². The molecule has 2 aromatic carbocycles. The van der Waals surface area contributed by atoms with Crippen LogP contribution in [0.1, 0.15) is 23.7 Å². The van der Waals surface area contributed by atoms with E-state index in [0.29, 0.717) is 6.54 Å². The number of rotatable bonds is 5. The Morgan fingerprint density at radius 1 is 1.04 bits per heavy atom. The third-order valence-electron chi connectivity index (χ3n) is 5.04. The predicted molar refractivity (Wildman–Crippen MR) is 114 cm³/mol. The van der Waals surface area contributed by atoms with Crippen LogP contribution in [0, 0.1) is 6.92 Å². The van der Waals surface area contributed by atoms with Crippen LogP contribution in [0.25, 0.3) is 22.3 Å². The van der Waals surface area contributed by atoms with Crippen molar-refractivity contribution in [1.29, 1.82) is 0 Å². The highest BCUT2D eigenvalue weighted by molar-refractivity contribution is 5.82. The van der Waals surface area contributed by atoms with Gasteiger partial charge in [-0.25, -0.2) is 9.67 Å². The summed E-state index contributed by atoms with van der Waals surface area (Å²) in [5.41, 5.74) is 13.0. The molecule has 28 heavy (non-hydrogen) atoms. The zero-order chi connectivity index (χ0) is 19.7. The molecule has 0 saturated carbocycles. The number of aromatic nitrogens is 3. The fourth-order valence-corrected chi connectivity index (χ4v) is 3.46. The van der Waals surface area contributed by atoms with Gasteiger partial charge in [-0.05, 0) is 60.9 Å². The SMILES string of the molecule is CCc1nn(Cc2ccc(OC)cc2)c2nc(-c3cc(N)ccc3C)ccc12. The van der Waals surface area contributed by atoms with E-state index < -0.39 is 0 Å². The summed E-state index contributed by atoms with van der Waals surface area (Å²) in [5, 5.41) is 5.92. The number of nitrogens with two attached hydrogens (primary N) is 1. The minimum absolute atomic E-state index is 0.660. The van der Waals surface area contributed by atoms with Crippen LogP contribution < -0.4 is 10.5 Å². The summed E-state index contributed by atoms with van der Waals surface area (Å²) < 4.78 is 7.24. The molecule has 5 heteroatoms. The minimum Gasteiger partial charge on any atom is -0.497 e. The number of ether oxygens (including phenoxy) is 1. The fourth-order valence-electron chi connectivity index (χ4n) is 3.46. The van der Waals surface area contributed by atoms with Crippen molar-refractivity contribution >= 4 is 16.7 Å². The largest absolute Gasteiger partial charge is 0.497 e. The van der Waals surface area contributed by atoms with Crippen LogP contribution in [-0.2, 0) is 13.0 Å². The van der Waals surface area contributed by atoms with Gasteiger partial charge in [-0.15, -0.1) is 0 Å². The van der Waals surface area contributed by atoms with Crippen molar-refractivity contribution in [2.75, 3.05) is 12.8 Å². The number of fused-ring (bicyclic) bond motifs is 1. The highest BCUT2D eigenvalue weighted by Gasteiger charge is 2.14. The molecular formula is C23H24N4O. The molecule has 2 N–H and O–H groups in total. The maximum Gasteiger partial charge on any atom is 0.159 e. The van der Waals surface area contributed by atoms with Crippen molar-refractivity contribution in [1.82, 2.24) is 14.8 Å². The van der Waals surface area contributed by atoms with Crippen LogP contribution in [0.4, 0.5) is 5.69 Å². The Balaban J connectivity index is 1.80. The summed E-state index contributed by atoms with van der Waals surface area (Å²) in [6.45, 7) is 4.86. The molecule has 0 aliphatic rings. The van der Waals surface area contributed by atoms with Gasteiger partial charge >= 0.3 is 0 Å². The van der Waals surface area contributed by atoms with Gasteiger partial charge in [-0.3, -0.25) is 0 Å². The summed E-state index contributed by atoms with van der Waals surface area (Å²) in [7, 11) is 1.67. The third-order valence-corrected chi connectivity index (χ3v) is 5.04. The highest BCUT2D eigenvalue weighted by Crippen LogP contribution is 2.28. The normalized spacial score (nSPS) is 11.1. The van der Waals surface area contributed by atoms with Crippen LogP contribution >= 0.6 is 0 Å². The van der Waals surface area contributed by atoms with Gasteiger partial charge in [-0.2, -0.15) is 5.10 Å². The second kappa shape index (κ2) is 7.35. The van der Waals surface area contributed by atoms with E-state index in [1.807, 2.05) is 35.0 Å². The lowest BCUT2D eigenvalue weighted by atomic mass is 10.0. The molecule has 2 heterocycles. The van der Waals surface area contributed by atoms with E-state index in [0.717, 1.165) is 57.0 Å². The molecule has 142 valence electrons. The van der Waals surface area contributed by atoms with Crippen molar-refractivity contribution in [2.45, 2.75) is 26.8 Å². The van der Waals surface area contributed by atoms with Crippen molar-refractivity contribution in [3.8, 4) is 17.0 Å². The van der Waals surface area contributed by atoms with Crippen LogP contribution in [-0.4, -0.2) is 21.9 Å². The first-order valence-corrected chi connectivity index (χ1v) is 9.45. The number of aryl methyl sites for hydroxylation is 2. The van der Waals surface area contributed by atoms with Crippen molar-refractivity contribution in [2.24, 2.45) is 0 Å². The molecule has 0 bridgehead atoms. The zero-order valence-corrected chi connectivity index (χ0v) is 16.4. The van der Waals surface area contributed by atoms with E-state index in [-0.39, 0.29) is 0 Å². The average molecular weight is 372 g/mol. The number of hydrogen-bond donors (Lipinski definition) is 1. The van der Waals surface area contributed by atoms with Gasteiger partial charge in [0.15, 0.2) is 5.65 Å². The molecule has 0 unspecified atom stereocenters. The van der Waals surface area contributed by atoms with Gasteiger partial charge in [0, 0.05) is 16.6 Å². The number of methoxy groups -OCH3 is 1. The van der Waals surface area contributed by atoms with Gasteiger partial charge in [0.25, 0.3) is 0 Å². The molecule has 0 saturated heterocycles. The number of pyridine rings is 1. The lowest BCUT2D eigenvalue weighted by Gasteiger charge is -2.08. The van der Waals surface area contributed by atoms with Crippen molar-refractivity contribution in [3.63, 3.8) is 0 Å². The Bertz CT molecular complexity index is 1130. The first-order chi connectivity index (χ1) is 13.6. The molecule has 0 aliphatic carbocycles. The molecule has 2 aromatic heterocycles. The predicted octanol–water partition coefficient (Wildman–Crippen LogP) is 4.61. The summed E-state index contributed by atoms with van der Waals surface area (Å²) in [4.78, 5) is 4.97. The Labute approximate surface area is 164 Å². The minimum atomic E-state index is 0.660. The van der Waals surface area contributed by atoms with Crippen LogP contribution in [0.5, 0.6) is 5.75 Å². The van der Waals surface area contributed by atoms with E-state index in [1.165, 1.54) is 0 Å². The average Bonchev–Trinajstić information content (AvgIpc) is 3.07. The third kappa shape index (κ3) is 3.31. The standard InChI is InChI=1S/C23H24N4O/c1-4-21-19-11-12-22(20-13-17(24)8-5-15(20)2)25-23(19)27(26-21)14-16-6-9-18(28-3)10-7-16/h5-13H,4,14,24H2,1-3H3. The molecule has 5 nitrogen and oxygen atoms in total.